The fraction of sp³-hybridized carbons (Fsp3) is 0.529. The Morgan fingerprint density at radius 2 is 1.90 bits per heavy atom. The highest BCUT2D eigenvalue weighted by Crippen LogP contribution is 2.34. The number of hydrogen-bond acceptors (Lipinski definition) is 2. The van der Waals surface area contributed by atoms with Crippen LogP contribution in [0, 0.1) is 19.8 Å². The molecule has 1 atom stereocenters. The number of Topliss-reactive ketones (excluding diaryl/α,β-unsaturated/α-hetero) is 1. The second-order valence-electron chi connectivity index (χ2n) is 6.15. The van der Waals surface area contributed by atoms with Crippen molar-refractivity contribution in [1.29, 1.82) is 0 Å². The fourth-order valence-corrected chi connectivity index (χ4v) is 3.14. The number of hydrogen-bond donors (Lipinski definition) is 0. The van der Waals surface area contributed by atoms with Gasteiger partial charge in [0.15, 0.2) is 5.78 Å². The van der Waals surface area contributed by atoms with Crippen molar-refractivity contribution in [3.63, 3.8) is 0 Å². The van der Waals surface area contributed by atoms with Crippen molar-refractivity contribution in [1.82, 2.24) is 4.90 Å². The van der Waals surface area contributed by atoms with E-state index in [9.17, 15) is 9.59 Å². The van der Waals surface area contributed by atoms with Gasteiger partial charge in [-0.05, 0) is 45.1 Å². The minimum absolute atomic E-state index is 0.119. The van der Waals surface area contributed by atoms with Gasteiger partial charge in [-0.3, -0.25) is 9.59 Å². The maximum absolute atomic E-state index is 12.7. The van der Waals surface area contributed by atoms with Crippen molar-refractivity contribution in [3.8, 4) is 0 Å². The zero-order chi connectivity index (χ0) is 14.3. The summed E-state index contributed by atoms with van der Waals surface area (Å²) in [4.78, 5) is 26.8. The van der Waals surface area contributed by atoms with Crippen LogP contribution in [0.15, 0.2) is 18.2 Å². The highest BCUT2D eigenvalue weighted by atomic mass is 16.2. The van der Waals surface area contributed by atoms with Crippen LogP contribution in [0.1, 0.15) is 47.2 Å². The molecule has 1 aliphatic heterocycles. The average Bonchev–Trinajstić information content (AvgIpc) is 3.14. The van der Waals surface area contributed by atoms with E-state index in [-0.39, 0.29) is 23.7 Å². The third kappa shape index (κ3) is 2.37. The number of likely N-dealkylation sites (tertiary alicyclic amines) is 1. The van der Waals surface area contributed by atoms with Crippen molar-refractivity contribution < 1.29 is 9.59 Å². The Morgan fingerprint density at radius 1 is 1.15 bits per heavy atom. The van der Waals surface area contributed by atoms with Gasteiger partial charge in [-0.25, -0.2) is 0 Å². The van der Waals surface area contributed by atoms with Crippen LogP contribution < -0.4 is 0 Å². The van der Waals surface area contributed by atoms with Gasteiger partial charge in [-0.2, -0.15) is 0 Å². The predicted molar refractivity (Wildman–Crippen MR) is 77.7 cm³/mol. The van der Waals surface area contributed by atoms with E-state index in [0.717, 1.165) is 48.9 Å². The standard InChI is InChI=1S/C17H21NO2/c1-11-5-8-14(12(2)10-11)16(19)15-4-3-9-18(15)17(20)13-6-7-13/h5,8,10,13,15H,3-4,6-7,9H2,1-2H3. The Balaban J connectivity index is 1.83. The van der Waals surface area contributed by atoms with Gasteiger partial charge in [-0.1, -0.05) is 23.8 Å². The molecule has 2 fully saturated rings. The van der Waals surface area contributed by atoms with E-state index in [1.165, 1.54) is 0 Å². The van der Waals surface area contributed by atoms with Gasteiger partial charge in [-0.15, -0.1) is 0 Å². The molecule has 3 nitrogen and oxygen atoms in total. The zero-order valence-corrected chi connectivity index (χ0v) is 12.2. The molecule has 20 heavy (non-hydrogen) atoms. The molecule has 0 radical (unpaired) electrons. The lowest BCUT2D eigenvalue weighted by Gasteiger charge is -2.24. The monoisotopic (exact) mass is 271 g/mol. The number of carbonyl (C=O) groups excluding carboxylic acids is 2. The van der Waals surface area contributed by atoms with Crippen LogP contribution in [0.5, 0.6) is 0 Å². The third-order valence-electron chi connectivity index (χ3n) is 4.41. The lowest BCUT2D eigenvalue weighted by atomic mass is 9.96. The molecule has 1 aromatic carbocycles. The van der Waals surface area contributed by atoms with E-state index in [0.29, 0.717) is 0 Å². The molecule has 0 aromatic heterocycles. The molecule has 1 amide bonds. The van der Waals surface area contributed by atoms with E-state index >= 15 is 0 Å². The highest BCUT2D eigenvalue weighted by molar-refractivity contribution is 6.03. The molecule has 1 heterocycles. The van der Waals surface area contributed by atoms with E-state index < -0.39 is 0 Å². The minimum Gasteiger partial charge on any atom is -0.332 e. The number of ketones is 1. The summed E-state index contributed by atoms with van der Waals surface area (Å²) in [6, 6.07) is 5.69. The van der Waals surface area contributed by atoms with Crippen LogP contribution in [0.3, 0.4) is 0 Å². The first-order valence-electron chi connectivity index (χ1n) is 7.50. The molecule has 0 N–H and O–H groups in total. The van der Waals surface area contributed by atoms with Crippen molar-refractivity contribution in [3.05, 3.63) is 34.9 Å². The average molecular weight is 271 g/mol. The van der Waals surface area contributed by atoms with E-state index in [1.54, 1.807) is 0 Å². The lowest BCUT2D eigenvalue weighted by molar-refractivity contribution is -0.132. The van der Waals surface area contributed by atoms with E-state index in [2.05, 4.69) is 0 Å². The molecule has 0 bridgehead atoms. The first-order valence-corrected chi connectivity index (χ1v) is 7.50. The van der Waals surface area contributed by atoms with Gasteiger partial charge in [0.05, 0.1) is 6.04 Å². The maximum atomic E-state index is 12.7. The summed E-state index contributed by atoms with van der Waals surface area (Å²) in [5.74, 6) is 0.516. The van der Waals surface area contributed by atoms with Crippen LogP contribution >= 0.6 is 0 Å². The Morgan fingerprint density at radius 3 is 2.55 bits per heavy atom. The van der Waals surface area contributed by atoms with Crippen molar-refractivity contribution in [2.24, 2.45) is 5.92 Å². The fourth-order valence-electron chi connectivity index (χ4n) is 3.14. The van der Waals surface area contributed by atoms with Crippen LogP contribution in [0.4, 0.5) is 0 Å². The summed E-state index contributed by atoms with van der Waals surface area (Å²) in [6.45, 7) is 4.75. The Hall–Kier alpha value is -1.64. The number of rotatable bonds is 3. The summed E-state index contributed by atoms with van der Waals surface area (Å²) >= 11 is 0. The molecule has 2 aliphatic rings. The van der Waals surface area contributed by atoms with Crippen LogP contribution in [-0.4, -0.2) is 29.2 Å². The number of amides is 1. The molecular formula is C17H21NO2. The molecule has 1 aliphatic carbocycles. The molecule has 1 saturated carbocycles. The minimum atomic E-state index is -0.232. The molecular weight excluding hydrogens is 250 g/mol. The third-order valence-corrected chi connectivity index (χ3v) is 4.41. The predicted octanol–water partition coefficient (Wildman–Crippen LogP) is 2.89. The van der Waals surface area contributed by atoms with Crippen molar-refractivity contribution >= 4 is 11.7 Å². The molecule has 3 heteroatoms. The zero-order valence-electron chi connectivity index (χ0n) is 12.2. The summed E-state index contributed by atoms with van der Waals surface area (Å²) in [5, 5.41) is 0. The van der Waals surface area contributed by atoms with E-state index in [1.807, 2.05) is 36.9 Å². The normalized spacial score (nSPS) is 22.1. The summed E-state index contributed by atoms with van der Waals surface area (Å²) < 4.78 is 0. The van der Waals surface area contributed by atoms with Gasteiger partial charge in [0.2, 0.25) is 5.91 Å². The molecule has 0 spiro atoms. The van der Waals surface area contributed by atoms with Gasteiger partial charge in [0, 0.05) is 18.0 Å². The van der Waals surface area contributed by atoms with Gasteiger partial charge >= 0.3 is 0 Å². The molecule has 1 aromatic rings. The van der Waals surface area contributed by atoms with Crippen molar-refractivity contribution in [2.75, 3.05) is 6.54 Å². The topological polar surface area (TPSA) is 37.4 Å². The summed E-state index contributed by atoms with van der Waals surface area (Å²) in [6.07, 6.45) is 3.75. The second kappa shape index (κ2) is 5.04. The number of carbonyl (C=O) groups is 2. The molecule has 1 saturated heterocycles. The summed E-state index contributed by atoms with van der Waals surface area (Å²) in [7, 11) is 0. The van der Waals surface area contributed by atoms with Crippen LogP contribution in [0.25, 0.3) is 0 Å². The summed E-state index contributed by atoms with van der Waals surface area (Å²) in [5.41, 5.74) is 2.95. The SMILES string of the molecule is Cc1ccc(C(=O)C2CCCN2C(=O)C2CC2)c(C)c1. The number of benzene rings is 1. The quantitative estimate of drug-likeness (QED) is 0.793. The van der Waals surface area contributed by atoms with Crippen molar-refractivity contribution in [2.45, 2.75) is 45.6 Å². The first kappa shape index (κ1) is 13.3. The second-order valence-corrected chi connectivity index (χ2v) is 6.15. The maximum Gasteiger partial charge on any atom is 0.226 e. The highest BCUT2D eigenvalue weighted by Gasteiger charge is 2.41. The largest absolute Gasteiger partial charge is 0.332 e. The van der Waals surface area contributed by atoms with Crippen LogP contribution in [-0.2, 0) is 4.79 Å². The molecule has 3 rings (SSSR count). The van der Waals surface area contributed by atoms with Gasteiger partial charge < -0.3 is 4.90 Å². The molecule has 106 valence electrons. The van der Waals surface area contributed by atoms with E-state index in [4.69, 9.17) is 0 Å². The smallest absolute Gasteiger partial charge is 0.226 e. The number of nitrogens with zero attached hydrogens (tertiary/aromatic N) is 1. The Labute approximate surface area is 120 Å². The lowest BCUT2D eigenvalue weighted by Crippen LogP contribution is -2.41. The van der Waals surface area contributed by atoms with Gasteiger partial charge in [0.25, 0.3) is 0 Å². The number of aryl methyl sites for hydroxylation is 2. The molecule has 1 unspecified atom stereocenters. The Kier molecular flexibility index (Phi) is 3.36. The van der Waals surface area contributed by atoms with Crippen LogP contribution in [0.2, 0.25) is 0 Å². The first-order chi connectivity index (χ1) is 9.58. The van der Waals surface area contributed by atoms with Gasteiger partial charge in [0.1, 0.15) is 0 Å². The Bertz CT molecular complexity index is 560.